The van der Waals surface area contributed by atoms with Crippen molar-refractivity contribution in [2.75, 3.05) is 19.7 Å². The number of aryl methyl sites for hydroxylation is 2. The van der Waals surface area contributed by atoms with E-state index in [9.17, 15) is 18.3 Å². The largest absolute Gasteiger partial charge is 0.573 e. The molecule has 2 rings (SSSR count). The van der Waals surface area contributed by atoms with Crippen molar-refractivity contribution in [3.05, 3.63) is 45.4 Å². The summed E-state index contributed by atoms with van der Waals surface area (Å²) in [6, 6.07) is 5.68. The van der Waals surface area contributed by atoms with E-state index in [1.807, 2.05) is 20.8 Å². The normalized spacial score (nSPS) is 13.2. The van der Waals surface area contributed by atoms with E-state index in [2.05, 4.69) is 25.3 Å². The number of nitrogens with zero attached hydrogens (tertiary/aromatic N) is 2. The van der Waals surface area contributed by atoms with Crippen LogP contribution < -0.4 is 15.4 Å². The quantitative estimate of drug-likeness (QED) is 0.407. The lowest BCUT2D eigenvalue weighted by atomic mass is 10.00. The van der Waals surface area contributed by atoms with Crippen molar-refractivity contribution in [1.29, 1.82) is 0 Å². The molecular weight excluding hydrogens is 417 g/mol. The number of aliphatic hydroxyl groups excluding tert-OH is 1. The topological polar surface area (TPSA) is 78.8 Å². The van der Waals surface area contributed by atoms with Crippen LogP contribution in [-0.4, -0.2) is 42.1 Å². The predicted molar refractivity (Wildman–Crippen MR) is 112 cm³/mol. The highest BCUT2D eigenvalue weighted by molar-refractivity contribution is 7.11. The third-order valence-corrected chi connectivity index (χ3v) is 5.34. The molecule has 0 fully saturated rings. The molecule has 1 unspecified atom stereocenters. The first-order valence-electron chi connectivity index (χ1n) is 9.60. The Morgan fingerprint density at radius 2 is 1.93 bits per heavy atom. The molecule has 0 saturated carbocycles. The van der Waals surface area contributed by atoms with E-state index in [0.29, 0.717) is 32.0 Å². The fourth-order valence-corrected chi connectivity index (χ4v) is 3.56. The Balaban J connectivity index is 1.91. The van der Waals surface area contributed by atoms with Gasteiger partial charge >= 0.3 is 6.36 Å². The van der Waals surface area contributed by atoms with Crippen LogP contribution in [0.1, 0.15) is 28.1 Å². The molecule has 10 heteroatoms. The van der Waals surface area contributed by atoms with Gasteiger partial charge in [0.25, 0.3) is 0 Å². The minimum Gasteiger partial charge on any atom is -0.406 e. The summed E-state index contributed by atoms with van der Waals surface area (Å²) in [6.07, 6.45) is -4.21. The second kappa shape index (κ2) is 11.2. The van der Waals surface area contributed by atoms with Gasteiger partial charge in [-0.05, 0) is 44.9 Å². The first-order chi connectivity index (χ1) is 14.2. The first kappa shape index (κ1) is 23.9. The number of alkyl halides is 3. The first-order valence-corrected chi connectivity index (χ1v) is 10.4. The van der Waals surface area contributed by atoms with Gasteiger partial charge in [0.05, 0.1) is 12.2 Å². The minimum atomic E-state index is -4.71. The fraction of sp³-hybridized carbons (Fsp3) is 0.500. The van der Waals surface area contributed by atoms with Gasteiger partial charge in [0.15, 0.2) is 5.96 Å². The van der Waals surface area contributed by atoms with Gasteiger partial charge in [0, 0.05) is 30.5 Å². The Labute approximate surface area is 178 Å². The highest BCUT2D eigenvalue weighted by Gasteiger charge is 2.30. The third-order valence-electron chi connectivity index (χ3n) is 4.29. The third kappa shape index (κ3) is 8.19. The molecule has 2 aromatic rings. The monoisotopic (exact) mass is 444 g/mol. The molecule has 1 heterocycles. The molecule has 1 aromatic heterocycles. The smallest absolute Gasteiger partial charge is 0.406 e. The number of ether oxygens (including phenoxy) is 1. The van der Waals surface area contributed by atoms with E-state index in [1.165, 1.54) is 17.0 Å². The number of guanidine groups is 1. The van der Waals surface area contributed by atoms with Crippen molar-refractivity contribution in [3.63, 3.8) is 0 Å². The summed E-state index contributed by atoms with van der Waals surface area (Å²) in [5, 5.41) is 17.0. The summed E-state index contributed by atoms with van der Waals surface area (Å²) in [4.78, 5) is 10.2. The number of rotatable bonds is 9. The van der Waals surface area contributed by atoms with Gasteiger partial charge < -0.3 is 20.5 Å². The number of hydrogen-bond donors (Lipinski definition) is 3. The summed E-state index contributed by atoms with van der Waals surface area (Å²) >= 11 is 1.62. The molecule has 0 amide bonds. The van der Waals surface area contributed by atoms with E-state index < -0.39 is 6.36 Å². The summed E-state index contributed by atoms with van der Waals surface area (Å²) < 4.78 is 40.6. The SMILES string of the molecule is CCNC(=NCc1nc(C)c(C)s1)NCC(CO)Cc1ccc(OC(F)(F)F)cc1. The molecule has 0 radical (unpaired) electrons. The molecule has 6 nitrogen and oxygen atoms in total. The molecule has 0 aliphatic rings. The van der Waals surface area contributed by atoms with Crippen LogP contribution in [0.5, 0.6) is 5.75 Å². The van der Waals surface area contributed by atoms with Crippen molar-refractivity contribution in [1.82, 2.24) is 15.6 Å². The second-order valence-electron chi connectivity index (χ2n) is 6.77. The Bertz CT molecular complexity index is 803. The summed E-state index contributed by atoms with van der Waals surface area (Å²) in [6.45, 7) is 7.49. The van der Waals surface area contributed by atoms with E-state index in [4.69, 9.17) is 0 Å². The van der Waals surface area contributed by atoms with Crippen molar-refractivity contribution in [2.45, 2.75) is 40.1 Å². The molecular formula is C20H27F3N4O2S. The lowest BCUT2D eigenvalue weighted by molar-refractivity contribution is -0.274. The Hall–Kier alpha value is -2.33. The average molecular weight is 445 g/mol. The van der Waals surface area contributed by atoms with Crippen LogP contribution in [-0.2, 0) is 13.0 Å². The molecule has 0 aliphatic heterocycles. The number of aromatic nitrogens is 1. The summed E-state index contributed by atoms with van der Waals surface area (Å²) in [5.41, 5.74) is 1.82. The molecule has 1 aromatic carbocycles. The number of thiazole rings is 1. The van der Waals surface area contributed by atoms with Crippen LogP contribution >= 0.6 is 11.3 Å². The van der Waals surface area contributed by atoms with Crippen LogP contribution in [0.2, 0.25) is 0 Å². The maximum atomic E-state index is 12.3. The Morgan fingerprint density at radius 3 is 2.47 bits per heavy atom. The summed E-state index contributed by atoms with van der Waals surface area (Å²) in [7, 11) is 0. The van der Waals surface area contributed by atoms with Crippen LogP contribution in [0.3, 0.4) is 0 Å². The van der Waals surface area contributed by atoms with E-state index >= 15 is 0 Å². The zero-order valence-corrected chi connectivity index (χ0v) is 18.0. The number of aliphatic imine (C=N–C) groups is 1. The van der Waals surface area contributed by atoms with Crippen molar-refractivity contribution >= 4 is 17.3 Å². The van der Waals surface area contributed by atoms with Gasteiger partial charge in [0.1, 0.15) is 10.8 Å². The molecule has 0 saturated heterocycles. The number of benzene rings is 1. The number of halogens is 3. The molecule has 3 N–H and O–H groups in total. The van der Waals surface area contributed by atoms with Gasteiger partial charge in [-0.2, -0.15) is 0 Å². The number of aliphatic hydroxyl groups is 1. The van der Waals surface area contributed by atoms with Crippen molar-refractivity contribution in [3.8, 4) is 5.75 Å². The van der Waals surface area contributed by atoms with Gasteiger partial charge in [-0.1, -0.05) is 12.1 Å². The highest BCUT2D eigenvalue weighted by atomic mass is 32.1. The van der Waals surface area contributed by atoms with Crippen LogP contribution in [0.25, 0.3) is 0 Å². The lowest BCUT2D eigenvalue weighted by Gasteiger charge is -2.18. The van der Waals surface area contributed by atoms with Gasteiger partial charge in [-0.25, -0.2) is 9.98 Å². The van der Waals surface area contributed by atoms with E-state index in [-0.39, 0.29) is 18.3 Å². The Morgan fingerprint density at radius 1 is 1.23 bits per heavy atom. The molecule has 1 atom stereocenters. The van der Waals surface area contributed by atoms with E-state index in [0.717, 1.165) is 16.3 Å². The second-order valence-corrected chi connectivity index (χ2v) is 8.06. The molecule has 30 heavy (non-hydrogen) atoms. The number of nitrogens with one attached hydrogen (secondary N) is 2. The van der Waals surface area contributed by atoms with Crippen LogP contribution in [0.15, 0.2) is 29.3 Å². The van der Waals surface area contributed by atoms with E-state index in [1.54, 1.807) is 23.5 Å². The molecule has 0 spiro atoms. The predicted octanol–water partition coefficient (Wildman–Crippen LogP) is 3.56. The zero-order chi connectivity index (χ0) is 22.1. The molecule has 166 valence electrons. The standard InChI is InChI=1S/C20H27F3N4O2S/c1-4-24-19(26-11-18-27-13(2)14(3)30-18)25-10-16(12-28)9-15-5-7-17(8-6-15)29-20(21,22)23/h5-8,16,28H,4,9-12H2,1-3H3,(H2,24,25,26). The molecule has 0 aliphatic carbocycles. The van der Waals surface area contributed by atoms with Crippen molar-refractivity contribution < 1.29 is 23.0 Å². The maximum absolute atomic E-state index is 12.3. The average Bonchev–Trinajstić information content (AvgIpc) is 3.00. The van der Waals surface area contributed by atoms with Crippen molar-refractivity contribution in [2.24, 2.45) is 10.9 Å². The number of hydrogen-bond acceptors (Lipinski definition) is 5. The lowest BCUT2D eigenvalue weighted by Crippen LogP contribution is -2.40. The summed E-state index contributed by atoms with van der Waals surface area (Å²) in [5.74, 6) is 0.224. The van der Waals surface area contributed by atoms with Gasteiger partial charge in [-0.3, -0.25) is 0 Å². The minimum absolute atomic E-state index is 0.0714. The zero-order valence-electron chi connectivity index (χ0n) is 17.2. The molecule has 0 bridgehead atoms. The van der Waals surface area contributed by atoms with Crippen LogP contribution in [0.4, 0.5) is 13.2 Å². The van der Waals surface area contributed by atoms with Gasteiger partial charge in [0.2, 0.25) is 0 Å². The Kier molecular flexibility index (Phi) is 8.91. The fourth-order valence-electron chi connectivity index (χ4n) is 2.70. The maximum Gasteiger partial charge on any atom is 0.573 e. The highest BCUT2D eigenvalue weighted by Crippen LogP contribution is 2.23. The van der Waals surface area contributed by atoms with Crippen LogP contribution in [0, 0.1) is 19.8 Å². The van der Waals surface area contributed by atoms with Gasteiger partial charge in [-0.15, -0.1) is 24.5 Å².